The van der Waals surface area contributed by atoms with Gasteiger partial charge >= 0.3 is 6.03 Å². The average Bonchev–Trinajstić information content (AvgIpc) is 2.98. The molecular formula is C21H31N3O. The number of nitrogens with one attached hydrogen (secondary N) is 1. The molecule has 0 aliphatic heterocycles. The lowest BCUT2D eigenvalue weighted by Crippen LogP contribution is -2.51. The van der Waals surface area contributed by atoms with Crippen LogP contribution in [0.15, 0.2) is 48.7 Å². The maximum Gasteiger partial charge on any atom is 0.318 e. The summed E-state index contributed by atoms with van der Waals surface area (Å²) in [5, 5.41) is 3.09. The van der Waals surface area contributed by atoms with Crippen molar-refractivity contribution in [2.75, 3.05) is 0 Å². The number of rotatable bonds is 6. The number of hydrogen-bond acceptors (Lipinski definition) is 1. The Balaban J connectivity index is 2.16. The van der Waals surface area contributed by atoms with Crippen molar-refractivity contribution < 1.29 is 4.79 Å². The third kappa shape index (κ3) is 5.66. The molecule has 0 saturated heterocycles. The SMILES string of the molecule is CC[C@H](C)N(Cc1cccn1Cc1ccccc1)C(=O)NC(C)(C)C. The fraction of sp³-hybridized carbons (Fsp3) is 0.476. The van der Waals surface area contributed by atoms with Crippen LogP contribution in [0.4, 0.5) is 4.79 Å². The van der Waals surface area contributed by atoms with Gasteiger partial charge in [0.2, 0.25) is 0 Å². The minimum absolute atomic E-state index is 0.00527. The van der Waals surface area contributed by atoms with Gasteiger partial charge in [0.05, 0.1) is 6.54 Å². The molecule has 4 heteroatoms. The van der Waals surface area contributed by atoms with Gasteiger partial charge in [-0.1, -0.05) is 37.3 Å². The monoisotopic (exact) mass is 341 g/mol. The molecule has 0 spiro atoms. The Labute approximate surface area is 151 Å². The van der Waals surface area contributed by atoms with Crippen molar-refractivity contribution in [3.63, 3.8) is 0 Å². The second kappa shape index (κ2) is 8.24. The Kier molecular flexibility index (Phi) is 6.29. The smallest absolute Gasteiger partial charge is 0.318 e. The van der Waals surface area contributed by atoms with E-state index in [1.54, 1.807) is 0 Å². The molecule has 1 heterocycles. The first-order valence-corrected chi connectivity index (χ1v) is 9.07. The van der Waals surface area contributed by atoms with Crippen LogP contribution < -0.4 is 5.32 Å². The quantitative estimate of drug-likeness (QED) is 0.816. The summed E-state index contributed by atoms with van der Waals surface area (Å²) in [6.07, 6.45) is 3.01. The molecule has 1 aromatic heterocycles. The van der Waals surface area contributed by atoms with E-state index in [4.69, 9.17) is 0 Å². The first-order chi connectivity index (χ1) is 11.8. The van der Waals surface area contributed by atoms with E-state index in [-0.39, 0.29) is 17.6 Å². The van der Waals surface area contributed by atoms with E-state index >= 15 is 0 Å². The zero-order valence-electron chi connectivity index (χ0n) is 16.1. The van der Waals surface area contributed by atoms with Crippen molar-refractivity contribution in [3.05, 3.63) is 59.9 Å². The molecule has 0 unspecified atom stereocenters. The lowest BCUT2D eigenvalue weighted by molar-refractivity contribution is 0.163. The molecular weight excluding hydrogens is 310 g/mol. The number of carbonyl (C=O) groups excluding carboxylic acids is 1. The first-order valence-electron chi connectivity index (χ1n) is 9.07. The average molecular weight is 341 g/mol. The summed E-state index contributed by atoms with van der Waals surface area (Å²) in [5.41, 5.74) is 2.16. The summed E-state index contributed by atoms with van der Waals surface area (Å²) in [5.74, 6) is 0. The van der Waals surface area contributed by atoms with Crippen molar-refractivity contribution in [2.24, 2.45) is 0 Å². The van der Waals surface area contributed by atoms with Gasteiger partial charge in [-0.2, -0.15) is 0 Å². The highest BCUT2D eigenvalue weighted by Gasteiger charge is 2.24. The summed E-state index contributed by atoms with van der Waals surface area (Å²) in [6, 6.07) is 14.7. The Bertz CT molecular complexity index is 670. The molecule has 2 aromatic rings. The highest BCUT2D eigenvalue weighted by molar-refractivity contribution is 5.75. The second-order valence-corrected chi connectivity index (χ2v) is 7.68. The van der Waals surface area contributed by atoms with Crippen molar-refractivity contribution in [1.82, 2.24) is 14.8 Å². The van der Waals surface area contributed by atoms with E-state index in [1.165, 1.54) is 5.56 Å². The molecule has 2 rings (SSSR count). The fourth-order valence-electron chi connectivity index (χ4n) is 2.74. The van der Waals surface area contributed by atoms with E-state index in [0.717, 1.165) is 18.7 Å². The van der Waals surface area contributed by atoms with Gasteiger partial charge in [-0.15, -0.1) is 0 Å². The topological polar surface area (TPSA) is 37.3 Å². The van der Waals surface area contributed by atoms with Gasteiger partial charge in [-0.25, -0.2) is 4.79 Å². The number of hydrogen-bond donors (Lipinski definition) is 1. The molecule has 1 atom stereocenters. The van der Waals surface area contributed by atoms with E-state index < -0.39 is 0 Å². The van der Waals surface area contributed by atoms with E-state index in [1.807, 2.05) is 31.7 Å². The summed E-state index contributed by atoms with van der Waals surface area (Å²) in [4.78, 5) is 14.7. The standard InChI is InChI=1S/C21H31N3O/c1-6-17(2)24(20(25)22-21(3,4)5)16-19-13-10-14-23(19)15-18-11-8-7-9-12-18/h7-14,17H,6,15-16H2,1-5H3,(H,22,25)/t17-/m0/s1. The number of aromatic nitrogens is 1. The van der Waals surface area contributed by atoms with Crippen LogP contribution in [0.2, 0.25) is 0 Å². The minimum atomic E-state index is -0.241. The van der Waals surface area contributed by atoms with Crippen LogP contribution in [0.5, 0.6) is 0 Å². The molecule has 0 bridgehead atoms. The van der Waals surface area contributed by atoms with Crippen molar-refractivity contribution in [2.45, 2.75) is 65.7 Å². The number of carbonyl (C=O) groups is 1. The maximum absolute atomic E-state index is 12.8. The van der Waals surface area contributed by atoms with Gasteiger partial charge in [0.15, 0.2) is 0 Å². The molecule has 0 radical (unpaired) electrons. The van der Waals surface area contributed by atoms with Crippen molar-refractivity contribution in [1.29, 1.82) is 0 Å². The van der Waals surface area contributed by atoms with Crippen molar-refractivity contribution >= 4 is 6.03 Å². The van der Waals surface area contributed by atoms with Gasteiger partial charge in [-0.3, -0.25) is 0 Å². The van der Waals surface area contributed by atoms with Gasteiger partial charge in [0.25, 0.3) is 0 Å². The Hall–Kier alpha value is -2.23. The predicted octanol–water partition coefficient (Wildman–Crippen LogP) is 4.65. The lowest BCUT2D eigenvalue weighted by atomic mass is 10.1. The van der Waals surface area contributed by atoms with Crippen molar-refractivity contribution in [3.8, 4) is 0 Å². The highest BCUT2D eigenvalue weighted by atomic mass is 16.2. The largest absolute Gasteiger partial charge is 0.345 e. The van der Waals surface area contributed by atoms with Crippen LogP contribution >= 0.6 is 0 Å². The third-order valence-corrected chi connectivity index (χ3v) is 4.32. The normalized spacial score (nSPS) is 12.7. The van der Waals surface area contributed by atoms with E-state index in [9.17, 15) is 4.79 Å². The van der Waals surface area contributed by atoms with Crippen LogP contribution in [0, 0.1) is 0 Å². The Morgan fingerprint density at radius 2 is 1.84 bits per heavy atom. The summed E-state index contributed by atoms with van der Waals surface area (Å²) in [6.45, 7) is 11.7. The molecule has 4 nitrogen and oxygen atoms in total. The lowest BCUT2D eigenvalue weighted by Gasteiger charge is -2.32. The van der Waals surface area contributed by atoms with Crippen LogP contribution in [0.1, 0.15) is 52.3 Å². The second-order valence-electron chi connectivity index (χ2n) is 7.68. The molecule has 25 heavy (non-hydrogen) atoms. The van der Waals surface area contributed by atoms with E-state index in [2.05, 4.69) is 66.3 Å². The number of benzene rings is 1. The maximum atomic E-state index is 12.8. The zero-order chi connectivity index (χ0) is 18.4. The number of nitrogens with zero attached hydrogens (tertiary/aromatic N) is 2. The molecule has 0 aliphatic carbocycles. The molecule has 0 fully saturated rings. The van der Waals surface area contributed by atoms with Crippen LogP contribution in [-0.4, -0.2) is 27.1 Å². The van der Waals surface area contributed by atoms with Crippen LogP contribution in [0.3, 0.4) is 0 Å². The molecule has 0 saturated carbocycles. The first kappa shape index (κ1) is 19.1. The Morgan fingerprint density at radius 3 is 2.44 bits per heavy atom. The minimum Gasteiger partial charge on any atom is -0.345 e. The number of urea groups is 1. The Morgan fingerprint density at radius 1 is 1.16 bits per heavy atom. The van der Waals surface area contributed by atoms with Gasteiger partial charge in [0.1, 0.15) is 0 Å². The van der Waals surface area contributed by atoms with Gasteiger partial charge < -0.3 is 14.8 Å². The predicted molar refractivity (Wildman–Crippen MR) is 104 cm³/mol. The summed E-state index contributed by atoms with van der Waals surface area (Å²) >= 11 is 0. The highest BCUT2D eigenvalue weighted by Crippen LogP contribution is 2.15. The summed E-state index contributed by atoms with van der Waals surface area (Å²) < 4.78 is 2.22. The zero-order valence-corrected chi connectivity index (χ0v) is 16.1. The number of amides is 2. The molecule has 1 aromatic carbocycles. The van der Waals surface area contributed by atoms with Gasteiger partial charge in [-0.05, 0) is 51.8 Å². The summed E-state index contributed by atoms with van der Waals surface area (Å²) in [7, 11) is 0. The van der Waals surface area contributed by atoms with Crippen LogP contribution in [-0.2, 0) is 13.1 Å². The van der Waals surface area contributed by atoms with E-state index in [0.29, 0.717) is 6.54 Å². The fourth-order valence-corrected chi connectivity index (χ4v) is 2.74. The molecule has 2 amide bonds. The molecule has 0 aliphatic rings. The third-order valence-electron chi connectivity index (χ3n) is 4.32. The molecule has 136 valence electrons. The van der Waals surface area contributed by atoms with Gasteiger partial charge in [0, 0.05) is 30.0 Å². The van der Waals surface area contributed by atoms with Crippen LogP contribution in [0.25, 0.3) is 0 Å². The molecule has 1 N–H and O–H groups in total.